The van der Waals surface area contributed by atoms with Gasteiger partial charge < -0.3 is 30.1 Å². The van der Waals surface area contributed by atoms with Crippen LogP contribution in [0.3, 0.4) is 0 Å². The molecule has 1 aliphatic carbocycles. The molecule has 2 heterocycles. The first kappa shape index (κ1) is 43.9. The number of nitrogens with two attached hydrogens (primary N) is 1. The van der Waals surface area contributed by atoms with Crippen molar-refractivity contribution in [1.29, 1.82) is 0 Å². The van der Waals surface area contributed by atoms with Gasteiger partial charge in [-0.3, -0.25) is 4.79 Å². The van der Waals surface area contributed by atoms with Gasteiger partial charge in [0.15, 0.2) is 0 Å². The van der Waals surface area contributed by atoms with Crippen molar-refractivity contribution in [3.63, 3.8) is 0 Å². The lowest BCUT2D eigenvalue weighted by atomic mass is 10.1. The minimum absolute atomic E-state index is 0.0101. The molecule has 0 bridgehead atoms. The van der Waals surface area contributed by atoms with Crippen molar-refractivity contribution < 1.29 is 14.3 Å². The molecule has 3 N–H and O–H groups in total. The normalized spacial score (nSPS) is 13.7. The SMILES string of the molecule is C=C(OC)/C(C)=C/Cn1cc(C#CCCCN[C@@H](C)C(=O)OC(CC)CCC)c2c(Cl)nc(N)nc21.CC1=CC=CC=CC1.CN=CC(C)C. The zero-order valence-corrected chi connectivity index (χ0v) is 32.4. The summed E-state index contributed by atoms with van der Waals surface area (Å²) < 4.78 is 12.7. The van der Waals surface area contributed by atoms with E-state index in [2.05, 4.69) is 96.8 Å². The monoisotopic (exact) mass is 706 g/mol. The molecule has 50 heavy (non-hydrogen) atoms. The zero-order chi connectivity index (χ0) is 37.5. The number of nitrogen functional groups attached to an aromatic ring is 1. The average molecular weight is 707 g/mol. The lowest BCUT2D eigenvalue weighted by molar-refractivity contribution is -0.151. The third-order valence-corrected chi connectivity index (χ3v) is 7.72. The number of ether oxygens (including phenoxy) is 2. The van der Waals surface area contributed by atoms with Crippen LogP contribution >= 0.6 is 11.6 Å². The smallest absolute Gasteiger partial charge is 0.323 e. The van der Waals surface area contributed by atoms with E-state index < -0.39 is 0 Å². The Labute approximate surface area is 305 Å². The number of aromatic nitrogens is 3. The molecule has 1 unspecified atom stereocenters. The molecule has 0 aliphatic heterocycles. The van der Waals surface area contributed by atoms with Crippen molar-refractivity contribution in [2.75, 3.05) is 26.4 Å². The molecule has 9 nitrogen and oxygen atoms in total. The Morgan fingerprint density at radius 1 is 1.24 bits per heavy atom. The molecule has 0 spiro atoms. The number of unbranched alkanes of at least 4 members (excludes halogenated alkanes) is 1. The van der Waals surface area contributed by atoms with E-state index in [1.54, 1.807) is 14.2 Å². The molecule has 3 rings (SSSR count). The molecule has 2 aromatic heterocycles. The first-order valence-electron chi connectivity index (χ1n) is 17.4. The van der Waals surface area contributed by atoms with E-state index >= 15 is 0 Å². The number of esters is 1. The second-order valence-corrected chi connectivity index (χ2v) is 12.7. The summed E-state index contributed by atoms with van der Waals surface area (Å²) in [5, 5.41) is 4.15. The first-order valence-corrected chi connectivity index (χ1v) is 17.8. The highest BCUT2D eigenvalue weighted by molar-refractivity contribution is 6.34. The number of rotatable bonds is 14. The van der Waals surface area contributed by atoms with Crippen LogP contribution < -0.4 is 11.1 Å². The summed E-state index contributed by atoms with van der Waals surface area (Å²) in [6.45, 7) is 19.3. The van der Waals surface area contributed by atoms with Crippen LogP contribution in [0.2, 0.25) is 5.15 Å². The molecule has 0 saturated heterocycles. The lowest BCUT2D eigenvalue weighted by Gasteiger charge is -2.19. The molecule has 0 fully saturated rings. The summed E-state index contributed by atoms with van der Waals surface area (Å²) in [4.78, 5) is 24.5. The van der Waals surface area contributed by atoms with Crippen molar-refractivity contribution in [3.05, 3.63) is 76.9 Å². The zero-order valence-electron chi connectivity index (χ0n) is 31.7. The van der Waals surface area contributed by atoms with Crippen LogP contribution in [0.1, 0.15) is 92.6 Å². The number of methoxy groups -OCH3 is 1. The molecule has 274 valence electrons. The highest BCUT2D eigenvalue weighted by atomic mass is 35.5. The van der Waals surface area contributed by atoms with E-state index in [4.69, 9.17) is 26.8 Å². The highest BCUT2D eigenvalue weighted by Crippen LogP contribution is 2.27. The minimum Gasteiger partial charge on any atom is -0.497 e. The number of nitrogens with zero attached hydrogens (tertiary/aromatic N) is 4. The maximum absolute atomic E-state index is 12.3. The number of hydrogen-bond donors (Lipinski definition) is 2. The summed E-state index contributed by atoms with van der Waals surface area (Å²) in [5.74, 6) is 7.48. The molecule has 2 aromatic rings. The van der Waals surface area contributed by atoms with Gasteiger partial charge in [0.2, 0.25) is 5.95 Å². The van der Waals surface area contributed by atoms with E-state index in [9.17, 15) is 4.79 Å². The van der Waals surface area contributed by atoms with Gasteiger partial charge in [0.1, 0.15) is 28.7 Å². The molecule has 0 saturated carbocycles. The van der Waals surface area contributed by atoms with Gasteiger partial charge >= 0.3 is 5.97 Å². The molecule has 1 aliphatic rings. The number of allylic oxidation sites excluding steroid dienone is 8. The summed E-state index contributed by atoms with van der Waals surface area (Å²) in [5.41, 5.74) is 9.53. The third-order valence-electron chi connectivity index (χ3n) is 7.45. The number of hydrogen-bond acceptors (Lipinski definition) is 8. The Kier molecular flexibility index (Phi) is 21.9. The largest absolute Gasteiger partial charge is 0.497 e. The van der Waals surface area contributed by atoms with E-state index in [1.807, 2.05) is 43.8 Å². The quantitative estimate of drug-likeness (QED) is 0.0384. The summed E-state index contributed by atoms with van der Waals surface area (Å²) >= 11 is 6.39. The molecular weight excluding hydrogens is 648 g/mol. The van der Waals surface area contributed by atoms with Crippen LogP contribution in [0, 0.1) is 17.8 Å². The van der Waals surface area contributed by atoms with Gasteiger partial charge in [0, 0.05) is 32.4 Å². The standard InChI is InChI=1S/C27H38ClN5O3.C8H10.C5H11N/c1-7-12-22(8-2)36-26(34)19(4)30-15-11-9-10-13-21-17-33(16-14-18(3)20(5)35-6)25-23(21)24(28)31-27(29)32-25;1-8-6-4-2-3-5-7-8;1-5(2)4-6-3/h14,17,19,22,30H,5,7-9,11-12,15-16H2,1-4,6H3,(H2,29,31,32);2-6H,7H2,1H3;4-5H,1-3H3/b18-14+;;/t19-,22?;;/m0../s1. The minimum atomic E-state index is -0.353. The van der Waals surface area contributed by atoms with E-state index in [0.717, 1.165) is 43.2 Å². The van der Waals surface area contributed by atoms with Gasteiger partial charge in [-0.2, -0.15) is 4.98 Å². The van der Waals surface area contributed by atoms with Crippen LogP contribution in [0.25, 0.3) is 11.0 Å². The molecule has 0 aromatic carbocycles. The van der Waals surface area contributed by atoms with Crippen molar-refractivity contribution in [3.8, 4) is 11.8 Å². The van der Waals surface area contributed by atoms with Crippen LogP contribution in [-0.4, -0.2) is 59.6 Å². The fraction of sp³-hybridized carbons (Fsp3) is 0.500. The predicted molar refractivity (Wildman–Crippen MR) is 211 cm³/mol. The van der Waals surface area contributed by atoms with Gasteiger partial charge in [0.25, 0.3) is 0 Å². The first-order chi connectivity index (χ1) is 23.9. The number of fused-ring (bicyclic) bond motifs is 1. The summed E-state index contributed by atoms with van der Waals surface area (Å²) in [6, 6.07) is -0.353. The number of carbonyl (C=O) groups excluding carboxylic acids is 1. The second kappa shape index (κ2) is 24.9. The maximum atomic E-state index is 12.3. The van der Waals surface area contributed by atoms with Crippen LogP contribution in [0.5, 0.6) is 0 Å². The fourth-order valence-corrected chi connectivity index (χ4v) is 4.83. The second-order valence-electron chi connectivity index (χ2n) is 12.3. The fourth-order valence-electron chi connectivity index (χ4n) is 4.56. The number of halogens is 1. The maximum Gasteiger partial charge on any atom is 0.323 e. The lowest BCUT2D eigenvalue weighted by Crippen LogP contribution is -2.37. The van der Waals surface area contributed by atoms with Gasteiger partial charge in [0.05, 0.1) is 18.1 Å². The number of nitrogens with one attached hydrogen (secondary N) is 1. The number of aliphatic imine (C=N–C) groups is 1. The number of anilines is 1. The van der Waals surface area contributed by atoms with Gasteiger partial charge in [-0.1, -0.05) is 106 Å². The Balaban J connectivity index is 0.000000737. The Hall–Kier alpha value is -4.13. The Morgan fingerprint density at radius 3 is 2.60 bits per heavy atom. The van der Waals surface area contributed by atoms with Crippen molar-refractivity contribution >= 4 is 40.8 Å². The van der Waals surface area contributed by atoms with Gasteiger partial charge in [-0.05, 0) is 64.5 Å². The van der Waals surface area contributed by atoms with Crippen molar-refractivity contribution in [1.82, 2.24) is 19.9 Å². The van der Waals surface area contributed by atoms with Crippen molar-refractivity contribution in [2.24, 2.45) is 10.9 Å². The van der Waals surface area contributed by atoms with Gasteiger partial charge in [-0.15, -0.1) is 0 Å². The Morgan fingerprint density at radius 2 is 1.98 bits per heavy atom. The molecule has 10 heteroatoms. The van der Waals surface area contributed by atoms with E-state index in [1.165, 1.54) is 5.57 Å². The van der Waals surface area contributed by atoms with Crippen molar-refractivity contribution in [2.45, 2.75) is 106 Å². The van der Waals surface area contributed by atoms with Crippen LogP contribution in [-0.2, 0) is 20.8 Å². The van der Waals surface area contributed by atoms with E-state index in [-0.39, 0.29) is 29.2 Å². The van der Waals surface area contributed by atoms with E-state index in [0.29, 0.717) is 42.2 Å². The highest BCUT2D eigenvalue weighted by Gasteiger charge is 2.18. The molecule has 0 amide bonds. The topological polar surface area (TPSA) is 117 Å². The van der Waals surface area contributed by atoms with Crippen LogP contribution in [0.15, 0.2) is 71.1 Å². The average Bonchev–Trinajstić information content (AvgIpc) is 3.24. The third kappa shape index (κ3) is 17.0. The van der Waals surface area contributed by atoms with Gasteiger partial charge in [-0.25, -0.2) is 4.98 Å². The van der Waals surface area contributed by atoms with Crippen LogP contribution in [0.4, 0.5) is 5.95 Å². The Bertz CT molecular complexity index is 1570. The summed E-state index contributed by atoms with van der Waals surface area (Å²) in [6.07, 6.45) is 21.5. The molecule has 0 radical (unpaired) electrons. The predicted octanol–water partition coefficient (Wildman–Crippen LogP) is 8.80. The summed E-state index contributed by atoms with van der Waals surface area (Å²) in [7, 11) is 3.38. The molecule has 2 atom stereocenters. The molecular formula is C40H59ClN6O3. The number of carbonyl (C=O) groups is 1.